The van der Waals surface area contributed by atoms with E-state index in [9.17, 15) is 9.18 Å². The maximum atomic E-state index is 13.3. The number of amides is 1. The Morgan fingerprint density at radius 2 is 1.64 bits per heavy atom. The zero-order valence-corrected chi connectivity index (χ0v) is 20.0. The minimum atomic E-state index is -0.760. The van der Waals surface area contributed by atoms with Gasteiger partial charge in [0.1, 0.15) is 11.5 Å². The molecule has 4 aromatic rings. The van der Waals surface area contributed by atoms with Crippen molar-refractivity contribution in [2.75, 3.05) is 0 Å². The zero-order chi connectivity index (χ0) is 25.2. The number of azo groups is 1. The monoisotopic (exact) mass is 482 g/mol. The third-order valence-electron chi connectivity index (χ3n) is 5.76. The molecule has 0 fully saturated rings. The molecular formula is C27H23FN6O2. The predicted molar refractivity (Wildman–Crippen MR) is 133 cm³/mol. The molecule has 0 radical (unpaired) electrons. The summed E-state index contributed by atoms with van der Waals surface area (Å²) in [6.45, 7) is 5.26. The van der Waals surface area contributed by atoms with Crippen LogP contribution in [0.3, 0.4) is 0 Å². The minimum absolute atomic E-state index is 0.286. The molecule has 36 heavy (non-hydrogen) atoms. The third-order valence-corrected chi connectivity index (χ3v) is 5.76. The zero-order valence-electron chi connectivity index (χ0n) is 20.0. The maximum Gasteiger partial charge on any atom is 0.243 e. The van der Waals surface area contributed by atoms with Crippen LogP contribution >= 0.6 is 0 Å². The van der Waals surface area contributed by atoms with Gasteiger partial charge in [-0.15, -0.1) is 10.2 Å². The van der Waals surface area contributed by atoms with Gasteiger partial charge >= 0.3 is 0 Å². The fraction of sp³-hybridized carbons (Fsp3) is 0.148. The first-order valence-corrected chi connectivity index (χ1v) is 11.3. The van der Waals surface area contributed by atoms with E-state index in [0.717, 1.165) is 17.1 Å². The first kappa shape index (κ1) is 23.1. The van der Waals surface area contributed by atoms with E-state index in [2.05, 4.69) is 20.4 Å². The molecule has 0 saturated heterocycles. The highest BCUT2D eigenvalue weighted by molar-refractivity contribution is 5.96. The van der Waals surface area contributed by atoms with Crippen LogP contribution in [0.4, 0.5) is 15.8 Å². The summed E-state index contributed by atoms with van der Waals surface area (Å²) in [6.07, 6.45) is -0.760. The second kappa shape index (κ2) is 9.53. The summed E-state index contributed by atoms with van der Waals surface area (Å²) >= 11 is 0. The van der Waals surface area contributed by atoms with Gasteiger partial charge in [-0.2, -0.15) is 15.2 Å². The molecule has 0 bridgehead atoms. The van der Waals surface area contributed by atoms with Crippen LogP contribution < -0.4 is 0 Å². The SMILES string of the molecule is CC(=O)N1N=C(c2ccc(N=Nc3c(C)nn(-c4ccccc4)c3C)cc2)OC1c1ccc(F)cc1. The van der Waals surface area contributed by atoms with Crippen molar-refractivity contribution in [1.29, 1.82) is 0 Å². The Labute approximate surface area is 207 Å². The molecule has 2 heterocycles. The molecule has 180 valence electrons. The first-order valence-electron chi connectivity index (χ1n) is 11.3. The van der Waals surface area contributed by atoms with Gasteiger partial charge in [0, 0.05) is 18.1 Å². The number of hydrazone groups is 1. The molecule has 1 aromatic heterocycles. The average Bonchev–Trinajstić information content (AvgIpc) is 3.46. The molecule has 1 unspecified atom stereocenters. The van der Waals surface area contributed by atoms with Gasteiger partial charge in [-0.25, -0.2) is 9.07 Å². The smallest absolute Gasteiger partial charge is 0.243 e. The number of rotatable bonds is 5. The lowest BCUT2D eigenvalue weighted by molar-refractivity contribution is -0.135. The average molecular weight is 483 g/mol. The number of halogens is 1. The Morgan fingerprint density at radius 3 is 2.31 bits per heavy atom. The number of nitrogens with zero attached hydrogens (tertiary/aromatic N) is 6. The van der Waals surface area contributed by atoms with Crippen LogP contribution in [-0.4, -0.2) is 26.6 Å². The fourth-order valence-electron chi connectivity index (χ4n) is 3.91. The number of benzene rings is 3. The number of hydrogen-bond donors (Lipinski definition) is 0. The van der Waals surface area contributed by atoms with Crippen LogP contribution in [-0.2, 0) is 9.53 Å². The molecule has 9 heteroatoms. The fourth-order valence-corrected chi connectivity index (χ4v) is 3.91. The van der Waals surface area contributed by atoms with Crippen molar-refractivity contribution in [1.82, 2.24) is 14.8 Å². The number of carbonyl (C=O) groups excluding carboxylic acids is 1. The summed E-state index contributed by atoms with van der Waals surface area (Å²) in [5.74, 6) is -0.361. The van der Waals surface area contributed by atoms with E-state index < -0.39 is 6.23 Å². The summed E-state index contributed by atoms with van der Waals surface area (Å²) in [5.41, 5.74) is 5.28. The van der Waals surface area contributed by atoms with Gasteiger partial charge in [-0.05, 0) is 62.4 Å². The number of para-hydroxylation sites is 1. The Bertz CT molecular complexity index is 1460. The van der Waals surface area contributed by atoms with Gasteiger partial charge < -0.3 is 4.74 Å². The van der Waals surface area contributed by atoms with E-state index in [-0.39, 0.29) is 11.7 Å². The van der Waals surface area contributed by atoms with Crippen molar-refractivity contribution in [3.63, 3.8) is 0 Å². The van der Waals surface area contributed by atoms with E-state index in [1.54, 1.807) is 36.4 Å². The summed E-state index contributed by atoms with van der Waals surface area (Å²) in [7, 11) is 0. The van der Waals surface area contributed by atoms with Gasteiger partial charge in [0.15, 0.2) is 0 Å². The standard InChI is InChI=1S/C27H23FN6O2/c1-17-25(18(2)33(31-17)24-7-5-4-6-8-24)30-29-23-15-11-20(12-16-23)26-32-34(19(3)35)27(36-26)21-9-13-22(28)14-10-21/h4-16,27H,1-3H3. The van der Waals surface area contributed by atoms with Crippen LogP contribution in [0.5, 0.6) is 0 Å². The summed E-state index contributed by atoms with van der Waals surface area (Å²) < 4.78 is 21.1. The predicted octanol–water partition coefficient (Wildman–Crippen LogP) is 6.28. The van der Waals surface area contributed by atoms with Crippen LogP contribution in [0.25, 0.3) is 5.69 Å². The van der Waals surface area contributed by atoms with Gasteiger partial charge in [0.2, 0.25) is 18.0 Å². The number of hydrogen-bond acceptors (Lipinski definition) is 6. The Morgan fingerprint density at radius 1 is 0.944 bits per heavy atom. The lowest BCUT2D eigenvalue weighted by Gasteiger charge is -2.19. The van der Waals surface area contributed by atoms with Crippen LogP contribution in [0.1, 0.15) is 35.7 Å². The van der Waals surface area contributed by atoms with E-state index in [4.69, 9.17) is 4.74 Å². The highest BCUT2D eigenvalue weighted by Crippen LogP contribution is 2.31. The highest BCUT2D eigenvalue weighted by atomic mass is 19.1. The van der Waals surface area contributed by atoms with Crippen molar-refractivity contribution < 1.29 is 13.9 Å². The normalized spacial score (nSPS) is 15.3. The number of ether oxygens (including phenoxy) is 1. The van der Waals surface area contributed by atoms with E-state index in [0.29, 0.717) is 28.4 Å². The molecule has 1 amide bonds. The lowest BCUT2D eigenvalue weighted by Crippen LogP contribution is -2.25. The van der Waals surface area contributed by atoms with Gasteiger partial charge in [0.25, 0.3) is 0 Å². The summed E-state index contributed by atoms with van der Waals surface area (Å²) in [5, 5.41) is 19.0. The van der Waals surface area contributed by atoms with E-state index in [1.807, 2.05) is 48.9 Å². The molecule has 0 spiro atoms. The number of carbonyl (C=O) groups is 1. The second-order valence-electron chi connectivity index (χ2n) is 8.30. The molecule has 0 N–H and O–H groups in total. The van der Waals surface area contributed by atoms with Crippen molar-refractivity contribution in [3.05, 3.63) is 107 Å². The Hall–Kier alpha value is -4.66. The minimum Gasteiger partial charge on any atom is -0.446 e. The molecule has 1 atom stereocenters. The molecular weight excluding hydrogens is 459 g/mol. The number of aromatic nitrogens is 2. The summed E-state index contributed by atoms with van der Waals surface area (Å²) in [6, 6.07) is 22.8. The van der Waals surface area contributed by atoms with E-state index >= 15 is 0 Å². The van der Waals surface area contributed by atoms with Gasteiger partial charge in [-0.1, -0.05) is 30.3 Å². The Balaban J connectivity index is 1.35. The van der Waals surface area contributed by atoms with Crippen LogP contribution in [0.15, 0.2) is 94.2 Å². The molecule has 5 rings (SSSR count). The molecule has 0 aliphatic carbocycles. The van der Waals surface area contributed by atoms with Crippen molar-refractivity contribution in [3.8, 4) is 5.69 Å². The quantitative estimate of drug-likeness (QED) is 0.314. The Kier molecular flexibility index (Phi) is 6.12. The molecule has 3 aromatic carbocycles. The van der Waals surface area contributed by atoms with Gasteiger partial charge in [-0.3, -0.25) is 4.79 Å². The van der Waals surface area contributed by atoms with Gasteiger partial charge in [0.05, 0.1) is 22.8 Å². The third kappa shape index (κ3) is 4.50. The van der Waals surface area contributed by atoms with Crippen molar-refractivity contribution in [2.45, 2.75) is 27.0 Å². The van der Waals surface area contributed by atoms with E-state index in [1.165, 1.54) is 24.1 Å². The lowest BCUT2D eigenvalue weighted by atomic mass is 10.2. The second-order valence-corrected chi connectivity index (χ2v) is 8.30. The van der Waals surface area contributed by atoms with Crippen molar-refractivity contribution in [2.24, 2.45) is 15.3 Å². The van der Waals surface area contributed by atoms with Crippen molar-refractivity contribution >= 4 is 23.2 Å². The number of aryl methyl sites for hydroxylation is 1. The first-order chi connectivity index (χ1) is 17.4. The molecule has 8 nitrogen and oxygen atoms in total. The topological polar surface area (TPSA) is 84.4 Å². The molecule has 1 aliphatic heterocycles. The molecule has 1 aliphatic rings. The van der Waals surface area contributed by atoms with Crippen LogP contribution in [0, 0.1) is 19.7 Å². The highest BCUT2D eigenvalue weighted by Gasteiger charge is 2.33. The van der Waals surface area contributed by atoms with Crippen LogP contribution in [0.2, 0.25) is 0 Å². The molecule has 0 saturated carbocycles. The maximum absolute atomic E-state index is 13.3. The summed E-state index contributed by atoms with van der Waals surface area (Å²) in [4.78, 5) is 12.1. The largest absolute Gasteiger partial charge is 0.446 e.